The normalized spacial score (nSPS) is 11.1. The minimum atomic E-state index is -0.299. The Hall–Kier alpha value is -3.21. The minimum Gasteiger partial charge on any atom is -0.339 e. The van der Waals surface area contributed by atoms with Gasteiger partial charge in [0.15, 0.2) is 0 Å². The fraction of sp³-hybridized carbons (Fsp3) is 0.100. The van der Waals surface area contributed by atoms with Gasteiger partial charge in [-0.3, -0.25) is 9.78 Å². The minimum absolute atomic E-state index is 0.0874. The molecule has 0 aliphatic carbocycles. The van der Waals surface area contributed by atoms with Gasteiger partial charge in [-0.1, -0.05) is 18.2 Å². The number of rotatable bonds is 4. The van der Waals surface area contributed by atoms with Crippen LogP contribution >= 0.6 is 0 Å². The van der Waals surface area contributed by atoms with Crippen LogP contribution in [-0.2, 0) is 13.1 Å². The van der Waals surface area contributed by atoms with Crippen LogP contribution in [0.25, 0.3) is 10.9 Å². The Balaban J connectivity index is 1.74. The van der Waals surface area contributed by atoms with Gasteiger partial charge >= 0.3 is 0 Å². The van der Waals surface area contributed by atoms with Crippen LogP contribution in [0.4, 0.5) is 4.39 Å². The first-order valence-corrected chi connectivity index (χ1v) is 8.02. The molecular weight excluding hydrogens is 317 g/mol. The highest BCUT2D eigenvalue weighted by molar-refractivity contribution is 5.79. The van der Waals surface area contributed by atoms with E-state index in [2.05, 4.69) is 4.98 Å². The van der Waals surface area contributed by atoms with Crippen LogP contribution in [-0.4, -0.2) is 14.1 Å². The van der Waals surface area contributed by atoms with Gasteiger partial charge in [-0.2, -0.15) is 0 Å². The molecule has 0 saturated carbocycles. The highest BCUT2D eigenvalue weighted by atomic mass is 19.1. The SMILES string of the molecule is O=c1c2c(ccn1Cc1cccc(F)c1)ccn2Cc1cccnc1. The fourth-order valence-electron chi connectivity index (χ4n) is 3.02. The van der Waals surface area contributed by atoms with Gasteiger partial charge in [0, 0.05) is 36.7 Å². The lowest BCUT2D eigenvalue weighted by Gasteiger charge is -2.09. The first-order chi connectivity index (χ1) is 12.2. The van der Waals surface area contributed by atoms with Crippen molar-refractivity contribution in [2.24, 2.45) is 0 Å². The summed E-state index contributed by atoms with van der Waals surface area (Å²) in [6.07, 6.45) is 7.18. The van der Waals surface area contributed by atoms with Gasteiger partial charge in [-0.05, 0) is 41.5 Å². The Morgan fingerprint density at radius 3 is 2.44 bits per heavy atom. The number of fused-ring (bicyclic) bond motifs is 1. The number of halogens is 1. The summed E-state index contributed by atoms with van der Waals surface area (Å²) in [5.74, 6) is -0.299. The van der Waals surface area contributed by atoms with E-state index < -0.39 is 0 Å². The molecule has 0 spiro atoms. The molecule has 0 aliphatic heterocycles. The molecule has 25 heavy (non-hydrogen) atoms. The quantitative estimate of drug-likeness (QED) is 0.574. The van der Waals surface area contributed by atoms with E-state index in [1.165, 1.54) is 12.1 Å². The van der Waals surface area contributed by atoms with E-state index in [-0.39, 0.29) is 11.4 Å². The average Bonchev–Trinajstić information content (AvgIpc) is 3.02. The molecule has 0 atom stereocenters. The molecule has 0 saturated heterocycles. The second kappa shape index (κ2) is 6.36. The van der Waals surface area contributed by atoms with Crippen molar-refractivity contribution in [2.45, 2.75) is 13.1 Å². The monoisotopic (exact) mass is 333 g/mol. The number of aromatic nitrogens is 3. The van der Waals surface area contributed by atoms with Crippen LogP contribution < -0.4 is 5.56 Å². The predicted molar refractivity (Wildman–Crippen MR) is 95.0 cm³/mol. The predicted octanol–water partition coefficient (Wildman–Crippen LogP) is 3.43. The van der Waals surface area contributed by atoms with Gasteiger partial charge in [0.25, 0.3) is 5.56 Å². The fourth-order valence-corrected chi connectivity index (χ4v) is 3.02. The second-order valence-electron chi connectivity index (χ2n) is 5.99. The highest BCUT2D eigenvalue weighted by Gasteiger charge is 2.09. The van der Waals surface area contributed by atoms with Crippen molar-refractivity contribution >= 4 is 10.9 Å². The zero-order valence-electron chi connectivity index (χ0n) is 13.5. The number of benzene rings is 1. The van der Waals surface area contributed by atoms with Gasteiger partial charge in [0.1, 0.15) is 11.3 Å². The summed E-state index contributed by atoms with van der Waals surface area (Å²) in [5, 5.41) is 0.893. The van der Waals surface area contributed by atoms with Gasteiger partial charge in [0.05, 0.1) is 6.54 Å². The molecule has 0 bridgehead atoms. The van der Waals surface area contributed by atoms with Crippen LogP contribution in [0.3, 0.4) is 0 Å². The molecule has 1 aromatic carbocycles. The van der Waals surface area contributed by atoms with Crippen LogP contribution in [0.2, 0.25) is 0 Å². The molecule has 0 N–H and O–H groups in total. The van der Waals surface area contributed by atoms with Crippen LogP contribution in [0.15, 0.2) is 78.1 Å². The third kappa shape index (κ3) is 3.08. The summed E-state index contributed by atoms with van der Waals surface area (Å²) in [7, 11) is 0. The molecule has 0 radical (unpaired) electrons. The van der Waals surface area contributed by atoms with Gasteiger partial charge in [0.2, 0.25) is 0 Å². The molecule has 3 aromatic heterocycles. The van der Waals surface area contributed by atoms with Crippen LogP contribution in [0, 0.1) is 5.82 Å². The highest BCUT2D eigenvalue weighted by Crippen LogP contribution is 2.14. The molecule has 0 unspecified atom stereocenters. The van der Waals surface area contributed by atoms with Crippen molar-refractivity contribution in [3.05, 3.63) is 101 Å². The number of nitrogens with zero attached hydrogens (tertiary/aromatic N) is 3. The molecular formula is C20H16FN3O. The first-order valence-electron chi connectivity index (χ1n) is 8.02. The summed E-state index contributed by atoms with van der Waals surface area (Å²) in [4.78, 5) is 17.0. The average molecular weight is 333 g/mol. The maximum absolute atomic E-state index is 13.4. The molecule has 3 heterocycles. The molecule has 0 aliphatic rings. The van der Waals surface area contributed by atoms with Crippen molar-refractivity contribution in [3.8, 4) is 0 Å². The molecule has 124 valence electrons. The Labute approximate surface area is 143 Å². The Kier molecular flexibility index (Phi) is 3.90. The molecule has 4 aromatic rings. The summed E-state index contributed by atoms with van der Waals surface area (Å²) in [6.45, 7) is 0.918. The lowest BCUT2D eigenvalue weighted by molar-refractivity contribution is 0.623. The van der Waals surface area contributed by atoms with E-state index >= 15 is 0 Å². The smallest absolute Gasteiger partial charge is 0.275 e. The summed E-state index contributed by atoms with van der Waals surface area (Å²) < 4.78 is 16.9. The third-order valence-corrected chi connectivity index (χ3v) is 4.21. The van der Waals surface area contributed by atoms with Crippen molar-refractivity contribution < 1.29 is 4.39 Å². The number of pyridine rings is 2. The lowest BCUT2D eigenvalue weighted by atomic mass is 10.2. The lowest BCUT2D eigenvalue weighted by Crippen LogP contribution is -2.22. The molecule has 5 heteroatoms. The zero-order chi connectivity index (χ0) is 17.2. The maximum Gasteiger partial charge on any atom is 0.275 e. The van der Waals surface area contributed by atoms with E-state index in [1.54, 1.807) is 29.2 Å². The van der Waals surface area contributed by atoms with E-state index in [4.69, 9.17) is 0 Å². The maximum atomic E-state index is 13.4. The van der Waals surface area contributed by atoms with Crippen molar-refractivity contribution in [1.29, 1.82) is 0 Å². The Morgan fingerprint density at radius 1 is 0.920 bits per heavy atom. The molecule has 0 fully saturated rings. The van der Waals surface area contributed by atoms with Gasteiger partial charge in [-0.15, -0.1) is 0 Å². The molecule has 4 rings (SSSR count). The van der Waals surface area contributed by atoms with E-state index in [0.29, 0.717) is 18.6 Å². The Morgan fingerprint density at radius 2 is 1.68 bits per heavy atom. The standard InChI is InChI=1S/C20H16FN3O/c21-18-5-1-3-15(11-18)13-24-10-7-17-6-9-23(19(17)20(24)25)14-16-4-2-8-22-12-16/h1-12H,13-14H2. The largest absolute Gasteiger partial charge is 0.339 e. The molecule has 0 amide bonds. The first kappa shape index (κ1) is 15.3. The third-order valence-electron chi connectivity index (χ3n) is 4.21. The topological polar surface area (TPSA) is 39.8 Å². The number of hydrogen-bond donors (Lipinski definition) is 0. The van der Waals surface area contributed by atoms with Gasteiger partial charge < -0.3 is 9.13 Å². The summed E-state index contributed by atoms with van der Waals surface area (Å²) in [6, 6.07) is 14.0. The molecule has 4 nitrogen and oxygen atoms in total. The van der Waals surface area contributed by atoms with Crippen molar-refractivity contribution in [2.75, 3.05) is 0 Å². The van der Waals surface area contributed by atoms with Gasteiger partial charge in [-0.25, -0.2) is 4.39 Å². The van der Waals surface area contributed by atoms with E-state index in [0.717, 1.165) is 16.5 Å². The van der Waals surface area contributed by atoms with Crippen molar-refractivity contribution in [1.82, 2.24) is 14.1 Å². The number of hydrogen-bond acceptors (Lipinski definition) is 2. The van der Waals surface area contributed by atoms with Crippen LogP contribution in [0.5, 0.6) is 0 Å². The summed E-state index contributed by atoms with van der Waals surface area (Å²) >= 11 is 0. The Bertz CT molecular complexity index is 1080. The second-order valence-corrected chi connectivity index (χ2v) is 5.99. The van der Waals surface area contributed by atoms with E-state index in [1.807, 2.05) is 41.1 Å². The van der Waals surface area contributed by atoms with Crippen LogP contribution in [0.1, 0.15) is 11.1 Å². The van der Waals surface area contributed by atoms with Crippen molar-refractivity contribution in [3.63, 3.8) is 0 Å². The summed E-state index contributed by atoms with van der Waals surface area (Å²) in [5.41, 5.74) is 2.34. The van der Waals surface area contributed by atoms with E-state index in [9.17, 15) is 9.18 Å². The zero-order valence-corrected chi connectivity index (χ0v) is 13.5.